The first-order valence-electron chi connectivity index (χ1n) is 6.31. The third-order valence-electron chi connectivity index (χ3n) is 3.72. The van der Waals surface area contributed by atoms with Crippen LogP contribution in [0.15, 0.2) is 24.3 Å². The predicted octanol–water partition coefficient (Wildman–Crippen LogP) is 1.03. The zero-order valence-electron chi connectivity index (χ0n) is 10.6. The molecule has 1 aromatic carbocycles. The van der Waals surface area contributed by atoms with Crippen molar-refractivity contribution in [3.05, 3.63) is 35.4 Å². The first kappa shape index (κ1) is 13.1. The number of hydrogen-bond acceptors (Lipinski definition) is 3. The number of carbonyl (C=O) groups is 1. The molecule has 1 fully saturated rings. The van der Waals surface area contributed by atoms with Crippen molar-refractivity contribution in [2.24, 2.45) is 5.73 Å². The molecule has 1 aliphatic rings. The smallest absolute Gasteiger partial charge is 0.242 e. The van der Waals surface area contributed by atoms with Crippen molar-refractivity contribution in [3.63, 3.8) is 0 Å². The van der Waals surface area contributed by atoms with Gasteiger partial charge in [-0.3, -0.25) is 4.79 Å². The van der Waals surface area contributed by atoms with Gasteiger partial charge in [0.2, 0.25) is 5.91 Å². The van der Waals surface area contributed by atoms with Crippen molar-refractivity contribution < 1.29 is 9.90 Å². The number of nitrogens with one attached hydrogen (secondary N) is 1. The average Bonchev–Trinajstić information content (AvgIpc) is 2.33. The second-order valence-corrected chi connectivity index (χ2v) is 5.17. The van der Waals surface area contributed by atoms with E-state index in [1.807, 2.05) is 31.2 Å². The molecule has 0 radical (unpaired) electrons. The summed E-state index contributed by atoms with van der Waals surface area (Å²) in [6, 6.07) is 6.94. The van der Waals surface area contributed by atoms with E-state index >= 15 is 0 Å². The van der Waals surface area contributed by atoms with Crippen molar-refractivity contribution in [2.75, 3.05) is 6.61 Å². The van der Waals surface area contributed by atoms with Gasteiger partial charge in [0.25, 0.3) is 0 Å². The molecule has 0 aromatic heterocycles. The van der Waals surface area contributed by atoms with Crippen LogP contribution < -0.4 is 11.1 Å². The Morgan fingerprint density at radius 3 is 2.50 bits per heavy atom. The van der Waals surface area contributed by atoms with Gasteiger partial charge < -0.3 is 16.2 Å². The Kier molecular flexibility index (Phi) is 3.68. The van der Waals surface area contributed by atoms with Gasteiger partial charge in [-0.1, -0.05) is 29.8 Å². The third kappa shape index (κ3) is 2.54. The highest BCUT2D eigenvalue weighted by Crippen LogP contribution is 2.31. The molecular formula is C14H20N2O2. The van der Waals surface area contributed by atoms with E-state index in [1.54, 1.807) is 0 Å². The van der Waals surface area contributed by atoms with E-state index in [-0.39, 0.29) is 12.5 Å². The van der Waals surface area contributed by atoms with Crippen molar-refractivity contribution in [3.8, 4) is 0 Å². The maximum atomic E-state index is 12.0. The summed E-state index contributed by atoms with van der Waals surface area (Å²) in [6.07, 6.45) is 2.70. The monoisotopic (exact) mass is 248 g/mol. The molecule has 4 nitrogen and oxygen atoms in total. The lowest BCUT2D eigenvalue weighted by Gasteiger charge is -2.41. The minimum atomic E-state index is -0.672. The van der Waals surface area contributed by atoms with Crippen LogP contribution in [0.4, 0.5) is 0 Å². The lowest BCUT2D eigenvalue weighted by Crippen LogP contribution is -2.57. The minimum Gasteiger partial charge on any atom is -0.394 e. The number of aryl methyl sites for hydroxylation is 1. The number of carbonyl (C=O) groups excluding carboxylic acids is 1. The molecule has 0 heterocycles. The first-order valence-corrected chi connectivity index (χ1v) is 6.31. The van der Waals surface area contributed by atoms with Gasteiger partial charge in [-0.2, -0.15) is 0 Å². The standard InChI is InChI=1S/C14H20N2O2/c1-10-3-5-11(6-4-10)12(15)13(18)16-14(9-17)7-2-8-14/h3-6,12,17H,2,7-9,15H2,1H3,(H,16,18). The van der Waals surface area contributed by atoms with Crippen LogP contribution in [-0.4, -0.2) is 23.2 Å². The van der Waals surface area contributed by atoms with Crippen molar-refractivity contribution in [1.82, 2.24) is 5.32 Å². The Morgan fingerprint density at radius 2 is 2.06 bits per heavy atom. The fraction of sp³-hybridized carbons (Fsp3) is 0.500. The highest BCUT2D eigenvalue weighted by molar-refractivity contribution is 5.83. The van der Waals surface area contributed by atoms with Crippen LogP contribution in [0.5, 0.6) is 0 Å². The van der Waals surface area contributed by atoms with Crippen LogP contribution in [-0.2, 0) is 4.79 Å². The molecule has 1 aliphatic carbocycles. The quantitative estimate of drug-likeness (QED) is 0.745. The van der Waals surface area contributed by atoms with E-state index in [4.69, 9.17) is 5.73 Å². The van der Waals surface area contributed by atoms with Gasteiger partial charge in [-0.25, -0.2) is 0 Å². The molecule has 1 amide bonds. The second-order valence-electron chi connectivity index (χ2n) is 5.17. The third-order valence-corrected chi connectivity index (χ3v) is 3.72. The van der Waals surface area contributed by atoms with Crippen molar-refractivity contribution in [2.45, 2.75) is 37.8 Å². The molecule has 0 spiro atoms. The molecular weight excluding hydrogens is 228 g/mol. The summed E-state index contributed by atoms with van der Waals surface area (Å²) in [5.41, 5.74) is 7.44. The van der Waals surface area contributed by atoms with Crippen LogP contribution in [0.2, 0.25) is 0 Å². The molecule has 0 bridgehead atoms. The summed E-state index contributed by atoms with van der Waals surface area (Å²) >= 11 is 0. The Balaban J connectivity index is 2.02. The van der Waals surface area contributed by atoms with Crippen LogP contribution in [0.25, 0.3) is 0 Å². The molecule has 0 saturated heterocycles. The van der Waals surface area contributed by atoms with E-state index < -0.39 is 11.6 Å². The number of aliphatic hydroxyl groups excluding tert-OH is 1. The van der Waals surface area contributed by atoms with Gasteiger partial charge in [0.05, 0.1) is 12.1 Å². The van der Waals surface area contributed by atoms with E-state index in [0.717, 1.165) is 30.4 Å². The number of benzene rings is 1. The topological polar surface area (TPSA) is 75.4 Å². The SMILES string of the molecule is Cc1ccc(C(N)C(=O)NC2(CO)CCC2)cc1. The summed E-state index contributed by atoms with van der Waals surface area (Å²) in [7, 11) is 0. The Hall–Kier alpha value is -1.39. The first-order chi connectivity index (χ1) is 8.56. The average molecular weight is 248 g/mol. The Morgan fingerprint density at radius 1 is 1.44 bits per heavy atom. The molecule has 1 unspecified atom stereocenters. The van der Waals surface area contributed by atoms with Crippen molar-refractivity contribution >= 4 is 5.91 Å². The maximum absolute atomic E-state index is 12.0. The highest BCUT2D eigenvalue weighted by Gasteiger charge is 2.38. The van der Waals surface area contributed by atoms with Gasteiger partial charge in [-0.05, 0) is 31.7 Å². The molecule has 98 valence electrons. The summed E-state index contributed by atoms with van der Waals surface area (Å²) in [4.78, 5) is 12.0. The molecule has 18 heavy (non-hydrogen) atoms. The predicted molar refractivity (Wildman–Crippen MR) is 69.9 cm³/mol. The van der Waals surface area contributed by atoms with E-state index in [9.17, 15) is 9.90 Å². The van der Waals surface area contributed by atoms with Crippen LogP contribution >= 0.6 is 0 Å². The van der Waals surface area contributed by atoms with Crippen LogP contribution in [0.1, 0.15) is 36.4 Å². The maximum Gasteiger partial charge on any atom is 0.242 e. The highest BCUT2D eigenvalue weighted by atomic mass is 16.3. The van der Waals surface area contributed by atoms with Crippen LogP contribution in [0, 0.1) is 6.92 Å². The molecule has 1 aromatic rings. The largest absolute Gasteiger partial charge is 0.394 e. The van der Waals surface area contributed by atoms with E-state index in [2.05, 4.69) is 5.32 Å². The molecule has 1 saturated carbocycles. The number of nitrogens with two attached hydrogens (primary N) is 1. The number of hydrogen-bond donors (Lipinski definition) is 3. The van der Waals surface area contributed by atoms with Gasteiger partial charge >= 0.3 is 0 Å². The van der Waals surface area contributed by atoms with Crippen LogP contribution in [0.3, 0.4) is 0 Å². The van der Waals surface area contributed by atoms with E-state index in [1.165, 1.54) is 0 Å². The Bertz CT molecular complexity index is 418. The molecule has 0 aliphatic heterocycles. The van der Waals surface area contributed by atoms with Crippen molar-refractivity contribution in [1.29, 1.82) is 0 Å². The summed E-state index contributed by atoms with van der Waals surface area (Å²) in [5.74, 6) is -0.215. The van der Waals surface area contributed by atoms with Gasteiger partial charge in [0.15, 0.2) is 0 Å². The number of rotatable bonds is 4. The minimum absolute atomic E-state index is 0.0145. The lowest BCUT2D eigenvalue weighted by molar-refractivity contribution is -0.126. The lowest BCUT2D eigenvalue weighted by atomic mass is 9.77. The summed E-state index contributed by atoms with van der Waals surface area (Å²) < 4.78 is 0. The van der Waals surface area contributed by atoms with E-state index in [0.29, 0.717) is 0 Å². The Labute approximate surface area is 107 Å². The summed E-state index contributed by atoms with van der Waals surface area (Å²) in [5, 5.41) is 12.2. The number of amides is 1. The van der Waals surface area contributed by atoms with Gasteiger partial charge in [0, 0.05) is 0 Å². The fourth-order valence-electron chi connectivity index (χ4n) is 2.19. The molecule has 2 rings (SSSR count). The zero-order valence-corrected chi connectivity index (χ0v) is 10.6. The second kappa shape index (κ2) is 5.08. The normalized spacial score (nSPS) is 18.8. The van der Waals surface area contributed by atoms with Gasteiger partial charge in [-0.15, -0.1) is 0 Å². The van der Waals surface area contributed by atoms with Gasteiger partial charge in [0.1, 0.15) is 6.04 Å². The fourth-order valence-corrected chi connectivity index (χ4v) is 2.19. The summed E-state index contributed by atoms with van der Waals surface area (Å²) in [6.45, 7) is 1.98. The molecule has 1 atom stereocenters. The zero-order chi connectivity index (χ0) is 13.2. The molecule has 4 N–H and O–H groups in total. The molecule has 4 heteroatoms. The number of aliphatic hydroxyl groups is 1.